The predicted octanol–water partition coefficient (Wildman–Crippen LogP) is 1.33. The Morgan fingerprint density at radius 1 is 2.00 bits per heavy atom. The summed E-state index contributed by atoms with van der Waals surface area (Å²) in [4.78, 5) is 0. The van der Waals surface area contributed by atoms with Crippen LogP contribution in [0.25, 0.3) is 0 Å². The third kappa shape index (κ3) is 0.781. The van der Waals surface area contributed by atoms with Gasteiger partial charge in [0.2, 0.25) is 0 Å². The zero-order chi connectivity index (χ0) is 6.20. The van der Waals surface area contributed by atoms with E-state index in [1.54, 1.807) is 0 Å². The smallest absolute Gasteiger partial charge is 0.0604 e. The molecule has 0 aromatic carbocycles. The molecule has 0 heterocycles. The van der Waals surface area contributed by atoms with Crippen molar-refractivity contribution in [3.8, 4) is 0 Å². The largest absolute Gasteiger partial charge is 0.393 e. The minimum Gasteiger partial charge on any atom is -0.393 e. The van der Waals surface area contributed by atoms with Crippen LogP contribution in [-0.4, -0.2) is 11.2 Å². The summed E-state index contributed by atoms with van der Waals surface area (Å²) in [5.74, 6) is 0. The molecule has 0 bridgehead atoms. The highest BCUT2D eigenvalue weighted by Gasteiger charge is 2.47. The number of hydrogen-bond acceptors (Lipinski definition) is 1. The van der Waals surface area contributed by atoms with Gasteiger partial charge in [-0.05, 0) is 18.3 Å². The van der Waals surface area contributed by atoms with E-state index in [-0.39, 0.29) is 11.5 Å². The zero-order valence-corrected chi connectivity index (χ0v) is 5.22. The van der Waals surface area contributed by atoms with Crippen LogP contribution in [0.3, 0.4) is 0 Å². The minimum atomic E-state index is -0.0551. The average Bonchev–Trinajstić information content (AvgIpc) is 2.16. The van der Waals surface area contributed by atoms with Gasteiger partial charge in [0.15, 0.2) is 0 Å². The van der Waals surface area contributed by atoms with E-state index in [1.165, 1.54) is 0 Å². The fourth-order valence-electron chi connectivity index (χ4n) is 0.932. The standard InChI is InChI=1S/C7H12O/c1-3-4-7(2)5-6(7)8/h3,6,8H,1,4-5H2,2H3/t6-,7+/m0/s1. The van der Waals surface area contributed by atoms with E-state index in [0.29, 0.717) is 0 Å². The molecule has 46 valence electrons. The van der Waals surface area contributed by atoms with Gasteiger partial charge in [0.1, 0.15) is 0 Å². The van der Waals surface area contributed by atoms with Crippen molar-refractivity contribution >= 4 is 0 Å². The molecular weight excluding hydrogens is 100 g/mol. The van der Waals surface area contributed by atoms with Crippen molar-refractivity contribution in [2.75, 3.05) is 0 Å². The third-order valence-corrected chi connectivity index (χ3v) is 1.91. The van der Waals surface area contributed by atoms with Crippen molar-refractivity contribution in [1.29, 1.82) is 0 Å². The summed E-state index contributed by atoms with van der Waals surface area (Å²) in [5.41, 5.74) is 0.196. The lowest BCUT2D eigenvalue weighted by Gasteiger charge is -2.01. The van der Waals surface area contributed by atoms with Crippen LogP contribution in [0, 0.1) is 5.41 Å². The number of rotatable bonds is 2. The van der Waals surface area contributed by atoms with Crippen molar-refractivity contribution in [3.63, 3.8) is 0 Å². The van der Waals surface area contributed by atoms with Crippen LogP contribution in [0.1, 0.15) is 19.8 Å². The first-order valence-corrected chi connectivity index (χ1v) is 2.98. The molecule has 1 heteroatoms. The number of hydrogen-bond donors (Lipinski definition) is 1. The fourth-order valence-corrected chi connectivity index (χ4v) is 0.932. The molecule has 2 atom stereocenters. The molecule has 0 saturated heterocycles. The lowest BCUT2D eigenvalue weighted by Crippen LogP contribution is -1.97. The lowest BCUT2D eigenvalue weighted by atomic mass is 10.1. The molecule has 1 aliphatic carbocycles. The highest BCUT2D eigenvalue weighted by atomic mass is 16.3. The molecule has 1 saturated carbocycles. The summed E-state index contributed by atoms with van der Waals surface area (Å²) in [7, 11) is 0. The Labute approximate surface area is 50.0 Å². The summed E-state index contributed by atoms with van der Waals surface area (Å²) in [5, 5.41) is 8.97. The van der Waals surface area contributed by atoms with Crippen LogP contribution in [0.5, 0.6) is 0 Å². The molecular formula is C7H12O. The molecule has 1 N–H and O–H groups in total. The van der Waals surface area contributed by atoms with Crippen molar-refractivity contribution < 1.29 is 5.11 Å². The van der Waals surface area contributed by atoms with Gasteiger partial charge in [0.05, 0.1) is 6.10 Å². The van der Waals surface area contributed by atoms with Gasteiger partial charge in [-0.2, -0.15) is 0 Å². The summed E-state index contributed by atoms with van der Waals surface area (Å²) >= 11 is 0. The van der Waals surface area contributed by atoms with Gasteiger partial charge in [0, 0.05) is 0 Å². The maximum Gasteiger partial charge on any atom is 0.0604 e. The van der Waals surface area contributed by atoms with Gasteiger partial charge in [-0.25, -0.2) is 0 Å². The Balaban J connectivity index is 2.35. The molecule has 8 heavy (non-hydrogen) atoms. The van der Waals surface area contributed by atoms with Crippen LogP contribution < -0.4 is 0 Å². The second-order valence-electron chi connectivity index (χ2n) is 2.87. The van der Waals surface area contributed by atoms with Crippen molar-refractivity contribution in [3.05, 3.63) is 12.7 Å². The molecule has 0 radical (unpaired) electrons. The molecule has 0 unspecified atom stereocenters. The highest BCUT2D eigenvalue weighted by Crippen LogP contribution is 2.48. The van der Waals surface area contributed by atoms with E-state index in [0.717, 1.165) is 12.8 Å². The Bertz CT molecular complexity index is 109. The van der Waals surface area contributed by atoms with E-state index in [1.807, 2.05) is 6.08 Å². The quantitative estimate of drug-likeness (QED) is 0.534. The molecule has 0 amide bonds. The molecule has 0 aliphatic heterocycles. The van der Waals surface area contributed by atoms with Crippen LogP contribution in [0.2, 0.25) is 0 Å². The number of aliphatic hydroxyl groups excluding tert-OH is 1. The SMILES string of the molecule is C=CC[C@]1(C)C[C@@H]1O. The van der Waals surface area contributed by atoms with Gasteiger partial charge in [0.25, 0.3) is 0 Å². The molecule has 1 nitrogen and oxygen atoms in total. The molecule has 0 aromatic rings. The topological polar surface area (TPSA) is 20.2 Å². The Morgan fingerprint density at radius 3 is 2.62 bits per heavy atom. The minimum absolute atomic E-state index is 0.0551. The first kappa shape index (κ1) is 5.83. The van der Waals surface area contributed by atoms with E-state index in [2.05, 4.69) is 13.5 Å². The Kier molecular flexibility index (Phi) is 1.16. The van der Waals surface area contributed by atoms with Crippen molar-refractivity contribution in [2.45, 2.75) is 25.9 Å². The van der Waals surface area contributed by atoms with Crippen LogP contribution in [0.15, 0.2) is 12.7 Å². The maximum absolute atomic E-state index is 8.97. The van der Waals surface area contributed by atoms with E-state index in [9.17, 15) is 0 Å². The van der Waals surface area contributed by atoms with Crippen molar-refractivity contribution in [2.24, 2.45) is 5.41 Å². The lowest BCUT2D eigenvalue weighted by molar-refractivity contribution is 0.228. The first-order chi connectivity index (χ1) is 3.69. The predicted molar refractivity (Wildman–Crippen MR) is 33.5 cm³/mol. The van der Waals surface area contributed by atoms with E-state index >= 15 is 0 Å². The molecule has 0 aromatic heterocycles. The van der Waals surface area contributed by atoms with Crippen LogP contribution in [0.4, 0.5) is 0 Å². The van der Waals surface area contributed by atoms with Crippen LogP contribution in [-0.2, 0) is 0 Å². The summed E-state index contributed by atoms with van der Waals surface area (Å²) < 4.78 is 0. The first-order valence-electron chi connectivity index (χ1n) is 2.98. The second kappa shape index (κ2) is 1.59. The Morgan fingerprint density at radius 2 is 2.50 bits per heavy atom. The van der Waals surface area contributed by atoms with Gasteiger partial charge in [-0.15, -0.1) is 6.58 Å². The van der Waals surface area contributed by atoms with E-state index in [4.69, 9.17) is 5.11 Å². The van der Waals surface area contributed by atoms with Crippen LogP contribution >= 0.6 is 0 Å². The van der Waals surface area contributed by atoms with Gasteiger partial charge in [-0.1, -0.05) is 13.0 Å². The van der Waals surface area contributed by atoms with Gasteiger partial charge in [-0.3, -0.25) is 0 Å². The fraction of sp³-hybridized carbons (Fsp3) is 0.714. The number of allylic oxidation sites excluding steroid dienone is 1. The second-order valence-corrected chi connectivity index (χ2v) is 2.87. The third-order valence-electron chi connectivity index (χ3n) is 1.91. The van der Waals surface area contributed by atoms with Crippen molar-refractivity contribution in [1.82, 2.24) is 0 Å². The van der Waals surface area contributed by atoms with E-state index < -0.39 is 0 Å². The summed E-state index contributed by atoms with van der Waals surface area (Å²) in [6, 6.07) is 0. The monoisotopic (exact) mass is 112 g/mol. The van der Waals surface area contributed by atoms with Gasteiger partial charge >= 0.3 is 0 Å². The average molecular weight is 112 g/mol. The number of aliphatic hydroxyl groups is 1. The molecule has 0 spiro atoms. The molecule has 1 fully saturated rings. The summed E-state index contributed by atoms with van der Waals surface area (Å²) in [6.45, 7) is 5.69. The zero-order valence-electron chi connectivity index (χ0n) is 5.22. The maximum atomic E-state index is 8.97. The Hall–Kier alpha value is -0.300. The summed E-state index contributed by atoms with van der Waals surface area (Å²) in [6.07, 6.45) is 3.73. The molecule has 1 rings (SSSR count). The normalized spacial score (nSPS) is 44.0. The van der Waals surface area contributed by atoms with Gasteiger partial charge < -0.3 is 5.11 Å². The molecule has 1 aliphatic rings. The highest BCUT2D eigenvalue weighted by molar-refractivity contribution is 5.02.